The number of nitrogens with zero attached hydrogens (tertiary/aromatic N) is 1. The highest BCUT2D eigenvalue weighted by Gasteiger charge is 2.35. The molecule has 0 aliphatic rings. The van der Waals surface area contributed by atoms with Crippen molar-refractivity contribution in [2.75, 3.05) is 0 Å². The van der Waals surface area contributed by atoms with Gasteiger partial charge in [-0.25, -0.2) is 0 Å². The molecule has 3 aromatic heterocycles. The third-order valence-corrected chi connectivity index (χ3v) is 9.01. The minimum absolute atomic E-state index is 0.0627. The fourth-order valence-corrected chi connectivity index (χ4v) is 7.76. The van der Waals surface area contributed by atoms with Gasteiger partial charge < -0.3 is 0 Å². The van der Waals surface area contributed by atoms with Gasteiger partial charge in [0.2, 0.25) is 0 Å². The van der Waals surface area contributed by atoms with E-state index in [0.717, 1.165) is 9.75 Å². The quantitative estimate of drug-likeness (QED) is 0.215. The zero-order chi connectivity index (χ0) is 23.3. The number of rotatable bonds is 4. The van der Waals surface area contributed by atoms with E-state index >= 15 is 0 Å². The molecule has 4 rings (SSSR count). The zero-order valence-electron chi connectivity index (χ0n) is 19.2. The first kappa shape index (κ1) is 22.9. The lowest BCUT2D eigenvalue weighted by Gasteiger charge is -2.29. The van der Waals surface area contributed by atoms with Crippen LogP contribution in [0.5, 0.6) is 0 Å². The van der Waals surface area contributed by atoms with Crippen LogP contribution in [0.2, 0.25) is 0 Å². The van der Waals surface area contributed by atoms with Crippen molar-refractivity contribution in [2.45, 2.75) is 52.4 Å². The second kappa shape index (κ2) is 8.25. The molecule has 0 fully saturated rings. The van der Waals surface area contributed by atoms with Crippen LogP contribution in [0.1, 0.15) is 52.7 Å². The summed E-state index contributed by atoms with van der Waals surface area (Å²) in [5.74, 6) is 0. The van der Waals surface area contributed by atoms with E-state index in [2.05, 4.69) is 77.9 Å². The normalized spacial score (nSPS) is 12.3. The van der Waals surface area contributed by atoms with E-state index in [1.54, 1.807) is 17.4 Å². The van der Waals surface area contributed by atoms with Crippen LogP contribution in [0.4, 0.5) is 5.00 Å². The molecule has 0 atom stereocenters. The molecular weight excluding hydrogens is 454 g/mol. The van der Waals surface area contributed by atoms with Gasteiger partial charge in [0.25, 0.3) is 0 Å². The van der Waals surface area contributed by atoms with Gasteiger partial charge in [-0.1, -0.05) is 83.2 Å². The van der Waals surface area contributed by atoms with E-state index in [0.29, 0.717) is 0 Å². The summed E-state index contributed by atoms with van der Waals surface area (Å²) in [6.07, 6.45) is 0. The second-order valence-corrected chi connectivity index (χ2v) is 13.1. The highest BCUT2D eigenvalue weighted by atomic mass is 32.1. The molecule has 32 heavy (non-hydrogen) atoms. The van der Waals surface area contributed by atoms with Crippen LogP contribution in [0, 0.1) is 10.1 Å². The molecule has 0 radical (unpaired) electrons. The Kier molecular flexibility index (Phi) is 5.90. The second-order valence-electron chi connectivity index (χ2n) is 9.94. The first-order chi connectivity index (χ1) is 15.0. The van der Waals surface area contributed by atoms with Crippen LogP contribution < -0.4 is 0 Å². The Hall–Kier alpha value is -2.28. The molecule has 166 valence electrons. The van der Waals surface area contributed by atoms with E-state index in [1.807, 2.05) is 23.5 Å². The Morgan fingerprint density at radius 2 is 1.16 bits per heavy atom. The van der Waals surface area contributed by atoms with Gasteiger partial charge in [0.05, 0.1) is 9.80 Å². The molecule has 0 amide bonds. The van der Waals surface area contributed by atoms with Crippen molar-refractivity contribution in [1.82, 2.24) is 0 Å². The van der Waals surface area contributed by atoms with Crippen LogP contribution in [0.15, 0.2) is 54.6 Å². The van der Waals surface area contributed by atoms with E-state index in [-0.39, 0.29) is 20.8 Å². The lowest BCUT2D eigenvalue weighted by atomic mass is 9.75. The van der Waals surface area contributed by atoms with Crippen molar-refractivity contribution in [3.8, 4) is 29.9 Å². The average Bonchev–Trinajstić information content (AvgIpc) is 3.43. The smallest absolute Gasteiger partial charge is 0.258 e. The molecule has 3 heterocycles. The lowest BCUT2D eigenvalue weighted by molar-refractivity contribution is -0.380. The first-order valence-corrected chi connectivity index (χ1v) is 13.0. The van der Waals surface area contributed by atoms with Crippen molar-refractivity contribution in [3.63, 3.8) is 0 Å². The fraction of sp³-hybridized carbons (Fsp3) is 0.308. The third kappa shape index (κ3) is 4.32. The fourth-order valence-electron chi connectivity index (χ4n) is 3.97. The molecule has 0 aliphatic carbocycles. The summed E-state index contributed by atoms with van der Waals surface area (Å²) in [7, 11) is 0. The summed E-state index contributed by atoms with van der Waals surface area (Å²) in [6.45, 7) is 13.5. The summed E-state index contributed by atoms with van der Waals surface area (Å²) in [5, 5.41) is 11.5. The largest absolute Gasteiger partial charge is 0.324 e. The molecule has 0 bridgehead atoms. The van der Waals surface area contributed by atoms with Crippen molar-refractivity contribution >= 4 is 39.0 Å². The van der Waals surface area contributed by atoms with Crippen LogP contribution >= 0.6 is 34.0 Å². The maximum atomic E-state index is 11.3. The van der Waals surface area contributed by atoms with Crippen molar-refractivity contribution in [3.05, 3.63) is 75.8 Å². The van der Waals surface area contributed by atoms with E-state index in [4.69, 9.17) is 0 Å². The highest BCUT2D eigenvalue weighted by molar-refractivity contribution is 7.28. The standard InChI is InChI=1S/C26H27NO2S3/c1-25(2,3)21-22(26(4,5)6)24(19-14-15-20(31-19)27(28)29)32-23(21)18-13-12-17(30-18)16-10-8-7-9-11-16/h7-15H,1-6H3. The first-order valence-electron chi connectivity index (χ1n) is 10.5. The van der Waals surface area contributed by atoms with E-state index < -0.39 is 0 Å². The van der Waals surface area contributed by atoms with Gasteiger partial charge in [0.1, 0.15) is 0 Å². The number of nitro groups is 1. The van der Waals surface area contributed by atoms with Crippen LogP contribution in [0.3, 0.4) is 0 Å². The van der Waals surface area contributed by atoms with E-state index in [1.165, 1.54) is 42.7 Å². The molecule has 0 saturated carbocycles. The van der Waals surface area contributed by atoms with Crippen molar-refractivity contribution in [1.29, 1.82) is 0 Å². The van der Waals surface area contributed by atoms with Gasteiger partial charge >= 0.3 is 5.00 Å². The summed E-state index contributed by atoms with van der Waals surface area (Å²) >= 11 is 4.86. The number of hydrogen-bond donors (Lipinski definition) is 0. The summed E-state index contributed by atoms with van der Waals surface area (Å²) < 4.78 is 0. The Morgan fingerprint density at radius 3 is 1.66 bits per heavy atom. The van der Waals surface area contributed by atoms with Crippen molar-refractivity contribution < 1.29 is 4.92 Å². The molecule has 1 aromatic carbocycles. The highest BCUT2D eigenvalue weighted by Crippen LogP contribution is 2.54. The van der Waals surface area contributed by atoms with Gasteiger partial charge in [-0.3, -0.25) is 10.1 Å². The lowest BCUT2D eigenvalue weighted by Crippen LogP contribution is -2.21. The third-order valence-electron chi connectivity index (χ3n) is 5.29. The SMILES string of the molecule is CC(C)(C)c1c(-c2ccc(-c3ccccc3)s2)sc(-c2ccc([N+](=O)[O-])s2)c1C(C)(C)C. The molecule has 0 saturated heterocycles. The zero-order valence-corrected chi connectivity index (χ0v) is 21.6. The van der Waals surface area contributed by atoms with Crippen LogP contribution in [0.25, 0.3) is 29.9 Å². The molecule has 3 nitrogen and oxygen atoms in total. The maximum Gasteiger partial charge on any atom is 0.324 e. The van der Waals surface area contributed by atoms with Gasteiger partial charge in [0.15, 0.2) is 0 Å². The van der Waals surface area contributed by atoms with Gasteiger partial charge in [-0.05, 0) is 45.7 Å². The summed E-state index contributed by atoms with van der Waals surface area (Å²) in [6, 6.07) is 18.4. The van der Waals surface area contributed by atoms with Gasteiger partial charge in [-0.2, -0.15) is 0 Å². The average molecular weight is 482 g/mol. The van der Waals surface area contributed by atoms with Gasteiger partial charge in [-0.15, -0.1) is 22.7 Å². The van der Waals surface area contributed by atoms with E-state index in [9.17, 15) is 10.1 Å². The Balaban J connectivity index is 1.96. The van der Waals surface area contributed by atoms with Crippen LogP contribution in [-0.2, 0) is 10.8 Å². The molecule has 0 spiro atoms. The molecule has 0 unspecified atom stereocenters. The summed E-state index contributed by atoms with van der Waals surface area (Å²) in [4.78, 5) is 17.0. The number of hydrogen-bond acceptors (Lipinski definition) is 5. The molecule has 0 aliphatic heterocycles. The monoisotopic (exact) mass is 481 g/mol. The molecule has 4 aromatic rings. The Labute approximate surface area is 201 Å². The molecular formula is C26H27NO2S3. The number of thiophene rings is 3. The molecule has 6 heteroatoms. The summed E-state index contributed by atoms with van der Waals surface area (Å²) in [5.41, 5.74) is 3.72. The minimum Gasteiger partial charge on any atom is -0.258 e. The van der Waals surface area contributed by atoms with Crippen LogP contribution in [-0.4, -0.2) is 4.92 Å². The van der Waals surface area contributed by atoms with Crippen molar-refractivity contribution in [2.24, 2.45) is 0 Å². The van der Waals surface area contributed by atoms with Gasteiger partial charge in [0, 0.05) is 25.6 Å². The predicted octanol–water partition coefficient (Wildman–Crippen LogP) is 9.38. The minimum atomic E-state index is -0.296. The maximum absolute atomic E-state index is 11.3. The Bertz CT molecular complexity index is 1260. The topological polar surface area (TPSA) is 43.1 Å². The molecule has 0 N–H and O–H groups in total. The predicted molar refractivity (Wildman–Crippen MR) is 140 cm³/mol. The number of benzene rings is 1. The Morgan fingerprint density at radius 1 is 0.656 bits per heavy atom.